The highest BCUT2D eigenvalue weighted by molar-refractivity contribution is 7.80. The van der Waals surface area contributed by atoms with Crippen molar-refractivity contribution in [3.8, 4) is 5.75 Å². The molecule has 0 aliphatic carbocycles. The van der Waals surface area contributed by atoms with E-state index in [0.29, 0.717) is 11.0 Å². The second kappa shape index (κ2) is 2.99. The molecule has 1 aromatic heterocycles. The molecule has 0 atom stereocenters. The van der Waals surface area contributed by atoms with Crippen molar-refractivity contribution in [3.63, 3.8) is 0 Å². The number of rotatable bonds is 1. The fourth-order valence-electron chi connectivity index (χ4n) is 1.26. The molecule has 0 unspecified atom stereocenters. The van der Waals surface area contributed by atoms with E-state index in [2.05, 4.69) is 17.6 Å². The van der Waals surface area contributed by atoms with Crippen molar-refractivity contribution in [1.29, 1.82) is 0 Å². The van der Waals surface area contributed by atoms with Gasteiger partial charge in [0.2, 0.25) is 0 Å². The van der Waals surface area contributed by atoms with Gasteiger partial charge in [-0.3, -0.25) is 0 Å². The summed E-state index contributed by atoms with van der Waals surface area (Å²) in [4.78, 5) is 4.12. The first-order chi connectivity index (χ1) is 6.22. The Hall–Kier alpha value is -1.10. The zero-order chi connectivity index (χ0) is 9.42. The number of ether oxygens (including phenoxy) is 1. The largest absolute Gasteiger partial charge is 0.494 e. The quantitative estimate of drug-likeness (QED) is 0.525. The molecule has 2 rings (SSSR count). The number of aromatic nitrogens is 1. The lowest BCUT2D eigenvalue weighted by molar-refractivity contribution is 0.419. The second-order valence-electron chi connectivity index (χ2n) is 2.76. The van der Waals surface area contributed by atoms with E-state index in [-0.39, 0.29) is 0 Å². The van der Waals surface area contributed by atoms with Gasteiger partial charge >= 0.3 is 0 Å². The van der Waals surface area contributed by atoms with Crippen LogP contribution in [0.1, 0.15) is 0 Å². The molecule has 66 valence electrons. The highest BCUT2D eigenvalue weighted by Crippen LogP contribution is 2.24. The van der Waals surface area contributed by atoms with Crippen molar-refractivity contribution in [2.24, 2.45) is 0 Å². The molecule has 2 aromatic rings. The number of methoxy groups -OCH3 is 1. The number of fused-ring (bicyclic) bond motifs is 1. The molecule has 1 aromatic carbocycles. The van der Waals surface area contributed by atoms with Crippen molar-refractivity contribution < 1.29 is 9.15 Å². The van der Waals surface area contributed by atoms with E-state index < -0.39 is 0 Å². The molecule has 0 N–H and O–H groups in total. The maximum absolute atomic E-state index is 5.31. The van der Waals surface area contributed by atoms with Crippen LogP contribution < -0.4 is 10.2 Å². The van der Waals surface area contributed by atoms with Crippen LogP contribution in [-0.2, 0) is 0 Å². The molecule has 0 radical (unpaired) electrons. The third-order valence-corrected chi connectivity index (χ3v) is 2.10. The predicted octanol–water partition coefficient (Wildman–Crippen LogP) is 0.383. The van der Waals surface area contributed by atoms with Crippen LogP contribution in [0.15, 0.2) is 21.8 Å². The summed E-state index contributed by atoms with van der Waals surface area (Å²) in [6, 6.07) is 3.80. The Balaban J connectivity index is 2.83. The summed E-state index contributed by atoms with van der Waals surface area (Å²) < 4.78 is 10.5. The molecule has 0 bridgehead atoms. The minimum absolute atomic E-state index is 0.364. The van der Waals surface area contributed by atoms with E-state index in [1.165, 1.54) is 0 Å². The van der Waals surface area contributed by atoms with Gasteiger partial charge < -0.3 is 9.15 Å². The number of benzene rings is 1. The molecule has 13 heavy (non-hydrogen) atoms. The molecular weight excluding hydrogens is 185 g/mol. The highest BCUT2D eigenvalue weighted by atomic mass is 32.1. The molecule has 3 nitrogen and oxygen atoms in total. The summed E-state index contributed by atoms with van der Waals surface area (Å²) in [5.41, 5.74) is 2.50. The SMILES string of the molecule is Bc1ccc(OC)c2nc(S)oc12. The fraction of sp³-hybridized carbons (Fsp3) is 0.125. The first kappa shape index (κ1) is 8.50. The minimum atomic E-state index is 0.364. The normalized spacial score (nSPS) is 10.6. The van der Waals surface area contributed by atoms with Gasteiger partial charge in [-0.05, 0) is 11.5 Å². The van der Waals surface area contributed by atoms with Crippen molar-refractivity contribution in [3.05, 3.63) is 12.1 Å². The van der Waals surface area contributed by atoms with Gasteiger partial charge in [0.05, 0.1) is 7.11 Å². The Kier molecular flexibility index (Phi) is 1.96. The third kappa shape index (κ3) is 1.29. The van der Waals surface area contributed by atoms with Crippen molar-refractivity contribution in [2.75, 3.05) is 7.11 Å². The zero-order valence-electron chi connectivity index (χ0n) is 7.37. The van der Waals surface area contributed by atoms with Crippen molar-refractivity contribution in [1.82, 2.24) is 4.98 Å². The highest BCUT2D eigenvalue weighted by Gasteiger charge is 2.10. The first-order valence-electron chi connectivity index (χ1n) is 3.85. The fourth-order valence-corrected chi connectivity index (χ4v) is 1.45. The first-order valence-corrected chi connectivity index (χ1v) is 4.30. The van der Waals surface area contributed by atoms with Crippen LogP contribution in [-0.4, -0.2) is 19.9 Å². The van der Waals surface area contributed by atoms with Crippen LogP contribution in [0.2, 0.25) is 0 Å². The van der Waals surface area contributed by atoms with Gasteiger partial charge in [0.25, 0.3) is 5.22 Å². The smallest absolute Gasteiger partial charge is 0.253 e. The second-order valence-corrected chi connectivity index (χ2v) is 3.14. The molecule has 1 heterocycles. The number of oxazole rings is 1. The molecule has 0 amide bonds. The molecule has 0 saturated heterocycles. The standard InChI is InChI=1S/C8H8BNO2S/c1-11-5-3-2-4(9)7-6(5)10-8(13)12-7/h2-3H,9H2,1H3,(H,10,13). The van der Waals surface area contributed by atoms with Gasteiger partial charge in [0, 0.05) is 0 Å². The number of nitrogens with zero attached hydrogens (tertiary/aromatic N) is 1. The van der Waals surface area contributed by atoms with Crippen LogP contribution in [0.4, 0.5) is 0 Å². The Morgan fingerprint density at radius 1 is 1.54 bits per heavy atom. The molecule has 5 heteroatoms. The lowest BCUT2D eigenvalue weighted by Gasteiger charge is -2.00. The van der Waals surface area contributed by atoms with Crippen molar-refractivity contribution >= 4 is 37.0 Å². The zero-order valence-corrected chi connectivity index (χ0v) is 8.26. The molecule has 0 saturated carbocycles. The van der Waals surface area contributed by atoms with Gasteiger partial charge in [-0.1, -0.05) is 18.7 Å². The van der Waals surface area contributed by atoms with Crippen LogP contribution in [0.5, 0.6) is 5.75 Å². The molecule has 0 spiro atoms. The third-order valence-electron chi connectivity index (χ3n) is 1.91. The molecular formula is C8H8BNO2S. The van der Waals surface area contributed by atoms with E-state index in [1.54, 1.807) is 7.11 Å². The summed E-state index contributed by atoms with van der Waals surface area (Å²) in [5, 5.41) is 0.364. The maximum atomic E-state index is 5.31. The lowest BCUT2D eigenvalue weighted by atomic mass is 9.95. The van der Waals surface area contributed by atoms with Crippen LogP contribution in [0.25, 0.3) is 11.1 Å². The summed E-state index contributed by atoms with van der Waals surface area (Å²) in [5.74, 6) is 0.713. The number of hydrogen-bond donors (Lipinski definition) is 1. The van der Waals surface area contributed by atoms with Gasteiger partial charge in [0.15, 0.2) is 11.1 Å². The average Bonchev–Trinajstić information content (AvgIpc) is 2.48. The van der Waals surface area contributed by atoms with Gasteiger partial charge in [0.1, 0.15) is 13.6 Å². The van der Waals surface area contributed by atoms with Crippen LogP contribution in [0, 0.1) is 0 Å². The maximum Gasteiger partial charge on any atom is 0.253 e. The Bertz CT molecular complexity index is 455. The van der Waals surface area contributed by atoms with E-state index >= 15 is 0 Å². The van der Waals surface area contributed by atoms with Gasteiger partial charge in [-0.15, -0.1) is 0 Å². The summed E-state index contributed by atoms with van der Waals surface area (Å²) >= 11 is 4.04. The topological polar surface area (TPSA) is 35.3 Å². The Morgan fingerprint density at radius 2 is 2.31 bits per heavy atom. The van der Waals surface area contributed by atoms with E-state index in [9.17, 15) is 0 Å². The van der Waals surface area contributed by atoms with Gasteiger partial charge in [-0.25, -0.2) is 0 Å². The Labute approximate surface area is 81.9 Å². The predicted molar refractivity (Wildman–Crippen MR) is 56.0 cm³/mol. The molecule has 0 aliphatic heterocycles. The van der Waals surface area contributed by atoms with Crippen LogP contribution >= 0.6 is 12.6 Å². The average molecular weight is 193 g/mol. The van der Waals surface area contributed by atoms with E-state index in [0.717, 1.165) is 16.6 Å². The lowest BCUT2D eigenvalue weighted by Crippen LogP contribution is -2.02. The van der Waals surface area contributed by atoms with Gasteiger partial charge in [-0.2, -0.15) is 4.98 Å². The molecule has 0 aliphatic rings. The number of hydrogen-bond acceptors (Lipinski definition) is 4. The summed E-state index contributed by atoms with van der Waals surface area (Å²) in [7, 11) is 3.57. The van der Waals surface area contributed by atoms with Crippen LogP contribution in [0.3, 0.4) is 0 Å². The van der Waals surface area contributed by atoms with E-state index in [1.807, 2.05) is 20.0 Å². The Morgan fingerprint density at radius 3 is 3.00 bits per heavy atom. The van der Waals surface area contributed by atoms with E-state index in [4.69, 9.17) is 9.15 Å². The monoisotopic (exact) mass is 193 g/mol. The minimum Gasteiger partial charge on any atom is -0.494 e. The molecule has 0 fully saturated rings. The summed E-state index contributed by atoms with van der Waals surface area (Å²) in [6.45, 7) is 0. The number of thiol groups is 1. The summed E-state index contributed by atoms with van der Waals surface area (Å²) in [6.07, 6.45) is 0. The van der Waals surface area contributed by atoms with Crippen molar-refractivity contribution in [2.45, 2.75) is 5.22 Å².